The van der Waals surface area contributed by atoms with Crippen molar-refractivity contribution in [1.29, 1.82) is 0 Å². The molecule has 0 saturated heterocycles. The van der Waals surface area contributed by atoms with Gasteiger partial charge in [-0.05, 0) is 18.2 Å². The van der Waals surface area contributed by atoms with Crippen LogP contribution < -0.4 is 9.54 Å². The quantitative estimate of drug-likeness (QED) is 0.870. The summed E-state index contributed by atoms with van der Waals surface area (Å²) in [7, 11) is 3.30. The van der Waals surface area contributed by atoms with Gasteiger partial charge in [0, 0.05) is 19.1 Å². The molecule has 120 valence electrons. The second kappa shape index (κ2) is 6.62. The van der Waals surface area contributed by atoms with Crippen LogP contribution in [0.5, 0.6) is 5.75 Å². The summed E-state index contributed by atoms with van der Waals surface area (Å²) in [5, 5.41) is 0. The Morgan fingerprint density at radius 2 is 2.05 bits per heavy atom. The van der Waals surface area contributed by atoms with Crippen LogP contribution in [0.2, 0.25) is 0 Å². The zero-order valence-corrected chi connectivity index (χ0v) is 14.5. The molecule has 0 N–H and O–H groups in total. The number of amides is 1. The minimum absolute atomic E-state index is 0.128. The first-order chi connectivity index (χ1) is 10.4. The van der Waals surface area contributed by atoms with E-state index in [1.807, 2.05) is 43.5 Å². The summed E-state index contributed by atoms with van der Waals surface area (Å²) in [5.74, 6) is 0.665. The number of nitrogens with zero attached hydrogens (tertiary/aromatic N) is 2. The van der Waals surface area contributed by atoms with E-state index < -0.39 is 5.41 Å². The number of rotatable bonds is 4. The first-order valence-corrected chi connectivity index (χ1v) is 7.94. The van der Waals surface area contributed by atoms with Crippen LogP contribution in [0.1, 0.15) is 20.8 Å². The van der Waals surface area contributed by atoms with Gasteiger partial charge in [0.15, 0.2) is 4.80 Å². The van der Waals surface area contributed by atoms with Crippen LogP contribution in [0.3, 0.4) is 0 Å². The Bertz CT molecular complexity index is 738. The van der Waals surface area contributed by atoms with Gasteiger partial charge in [-0.2, -0.15) is 4.99 Å². The Balaban J connectivity index is 2.60. The molecule has 1 heterocycles. The molecule has 0 fully saturated rings. The molecule has 0 spiro atoms. The summed E-state index contributed by atoms with van der Waals surface area (Å²) < 4.78 is 13.5. The highest BCUT2D eigenvalue weighted by atomic mass is 32.1. The predicted molar refractivity (Wildman–Crippen MR) is 88.3 cm³/mol. The lowest BCUT2D eigenvalue weighted by Gasteiger charge is -2.12. The second-order valence-electron chi connectivity index (χ2n) is 6.03. The summed E-state index contributed by atoms with van der Waals surface area (Å²) >= 11 is 1.49. The number of fused-ring (bicyclic) bond motifs is 1. The lowest BCUT2D eigenvalue weighted by Crippen LogP contribution is -2.24. The fraction of sp³-hybridized carbons (Fsp3) is 0.500. The molecule has 22 heavy (non-hydrogen) atoms. The molecular weight excluding hydrogens is 300 g/mol. The second-order valence-corrected chi connectivity index (χ2v) is 7.04. The van der Waals surface area contributed by atoms with Gasteiger partial charge in [0.25, 0.3) is 5.91 Å². The number of carbonyl (C=O) groups is 1. The molecule has 1 amide bonds. The Morgan fingerprint density at radius 1 is 1.32 bits per heavy atom. The van der Waals surface area contributed by atoms with Crippen molar-refractivity contribution in [3.63, 3.8) is 0 Å². The summed E-state index contributed by atoms with van der Waals surface area (Å²) in [4.78, 5) is 17.2. The Kier molecular flexibility index (Phi) is 5.03. The molecular formula is C16H22N2O3S. The van der Waals surface area contributed by atoms with Crippen LogP contribution in [0.15, 0.2) is 23.2 Å². The topological polar surface area (TPSA) is 52.8 Å². The molecule has 5 nitrogen and oxygen atoms in total. The highest BCUT2D eigenvalue weighted by molar-refractivity contribution is 7.16. The van der Waals surface area contributed by atoms with E-state index in [0.717, 1.165) is 16.0 Å². The summed E-state index contributed by atoms with van der Waals surface area (Å²) in [6, 6.07) is 5.86. The maximum absolute atomic E-state index is 12.2. The van der Waals surface area contributed by atoms with E-state index in [4.69, 9.17) is 9.47 Å². The molecule has 0 radical (unpaired) electrons. The number of carbonyl (C=O) groups excluding carboxylic acids is 1. The molecule has 0 aliphatic rings. The fourth-order valence-electron chi connectivity index (χ4n) is 1.92. The van der Waals surface area contributed by atoms with E-state index in [1.54, 1.807) is 14.2 Å². The molecule has 0 aliphatic carbocycles. The van der Waals surface area contributed by atoms with E-state index in [1.165, 1.54) is 11.3 Å². The van der Waals surface area contributed by atoms with Crippen molar-refractivity contribution >= 4 is 27.5 Å². The summed E-state index contributed by atoms with van der Waals surface area (Å²) in [6.45, 7) is 6.83. The largest absolute Gasteiger partial charge is 0.497 e. The SMILES string of the molecule is COCCn1c(=NC(=O)C(C)(C)C)sc2cc(OC)ccc21. The zero-order valence-electron chi connectivity index (χ0n) is 13.7. The van der Waals surface area contributed by atoms with Gasteiger partial charge in [-0.1, -0.05) is 32.1 Å². The number of aromatic nitrogens is 1. The third-order valence-corrected chi connectivity index (χ3v) is 4.29. The first-order valence-electron chi connectivity index (χ1n) is 7.12. The van der Waals surface area contributed by atoms with Crippen LogP contribution in [0, 0.1) is 5.41 Å². The molecule has 2 aromatic rings. The first kappa shape index (κ1) is 16.7. The van der Waals surface area contributed by atoms with Gasteiger partial charge in [-0.25, -0.2) is 0 Å². The Labute approximate surface area is 134 Å². The average molecular weight is 322 g/mol. The van der Waals surface area contributed by atoms with Crippen molar-refractivity contribution in [2.75, 3.05) is 20.8 Å². The summed E-state index contributed by atoms with van der Waals surface area (Å²) in [6.07, 6.45) is 0. The molecule has 1 aromatic carbocycles. The van der Waals surface area contributed by atoms with Crippen molar-refractivity contribution in [3.05, 3.63) is 23.0 Å². The zero-order chi connectivity index (χ0) is 16.3. The van der Waals surface area contributed by atoms with Crippen molar-refractivity contribution in [2.45, 2.75) is 27.3 Å². The third-order valence-electron chi connectivity index (χ3n) is 3.25. The third kappa shape index (κ3) is 3.56. The summed E-state index contributed by atoms with van der Waals surface area (Å²) in [5.41, 5.74) is 0.538. The average Bonchev–Trinajstić information content (AvgIpc) is 2.80. The molecule has 0 unspecified atom stereocenters. The predicted octanol–water partition coefficient (Wildman–Crippen LogP) is 2.83. The monoisotopic (exact) mass is 322 g/mol. The lowest BCUT2D eigenvalue weighted by atomic mass is 9.96. The van der Waals surface area contributed by atoms with E-state index in [-0.39, 0.29) is 5.91 Å². The molecule has 0 aliphatic heterocycles. The van der Waals surface area contributed by atoms with Crippen LogP contribution in [0.4, 0.5) is 0 Å². The number of ether oxygens (including phenoxy) is 2. The maximum Gasteiger partial charge on any atom is 0.253 e. The van der Waals surface area contributed by atoms with Gasteiger partial charge in [0.1, 0.15) is 5.75 Å². The standard InChI is InChI=1S/C16H22N2O3S/c1-16(2,3)14(19)17-15-18(8-9-20-4)12-7-6-11(21-5)10-13(12)22-15/h6-7,10H,8-9H2,1-5H3. The highest BCUT2D eigenvalue weighted by Crippen LogP contribution is 2.23. The molecule has 6 heteroatoms. The Morgan fingerprint density at radius 3 is 2.64 bits per heavy atom. The fourth-order valence-corrected chi connectivity index (χ4v) is 3.00. The van der Waals surface area contributed by atoms with Crippen LogP contribution in [0.25, 0.3) is 10.2 Å². The van der Waals surface area contributed by atoms with Crippen LogP contribution >= 0.6 is 11.3 Å². The number of hydrogen-bond acceptors (Lipinski definition) is 4. The smallest absolute Gasteiger partial charge is 0.253 e. The number of benzene rings is 1. The highest BCUT2D eigenvalue weighted by Gasteiger charge is 2.21. The number of hydrogen-bond donors (Lipinski definition) is 0. The van der Waals surface area contributed by atoms with Gasteiger partial charge >= 0.3 is 0 Å². The van der Waals surface area contributed by atoms with Gasteiger partial charge < -0.3 is 14.0 Å². The van der Waals surface area contributed by atoms with Crippen molar-refractivity contribution in [2.24, 2.45) is 10.4 Å². The van der Waals surface area contributed by atoms with Crippen molar-refractivity contribution in [1.82, 2.24) is 4.57 Å². The minimum Gasteiger partial charge on any atom is -0.497 e. The van der Waals surface area contributed by atoms with Crippen molar-refractivity contribution < 1.29 is 14.3 Å². The van der Waals surface area contributed by atoms with E-state index in [2.05, 4.69) is 4.99 Å². The van der Waals surface area contributed by atoms with E-state index in [0.29, 0.717) is 18.0 Å². The van der Waals surface area contributed by atoms with Gasteiger partial charge in [0.2, 0.25) is 0 Å². The molecule has 1 aromatic heterocycles. The maximum atomic E-state index is 12.2. The van der Waals surface area contributed by atoms with Gasteiger partial charge in [0.05, 0.1) is 23.9 Å². The van der Waals surface area contributed by atoms with E-state index >= 15 is 0 Å². The van der Waals surface area contributed by atoms with Crippen molar-refractivity contribution in [3.8, 4) is 5.75 Å². The van der Waals surface area contributed by atoms with Crippen LogP contribution in [-0.2, 0) is 16.1 Å². The van der Waals surface area contributed by atoms with E-state index in [9.17, 15) is 4.79 Å². The Hall–Kier alpha value is -1.66. The minimum atomic E-state index is -0.493. The molecule has 0 bridgehead atoms. The number of thiazole rings is 1. The molecule has 0 saturated carbocycles. The molecule has 0 atom stereocenters. The number of methoxy groups -OCH3 is 2. The van der Waals surface area contributed by atoms with Gasteiger partial charge in [-0.3, -0.25) is 4.79 Å². The van der Waals surface area contributed by atoms with Gasteiger partial charge in [-0.15, -0.1) is 0 Å². The normalized spacial score (nSPS) is 12.9. The molecule has 2 rings (SSSR count). The van der Waals surface area contributed by atoms with Crippen LogP contribution in [-0.4, -0.2) is 31.3 Å². The lowest BCUT2D eigenvalue weighted by molar-refractivity contribution is -0.125.